The molecular weight excluding hydrogens is 300 g/mol. The first-order valence-corrected chi connectivity index (χ1v) is 9.71. The highest BCUT2D eigenvalue weighted by molar-refractivity contribution is 7.89. The number of hydrogen-bond donors (Lipinski definition) is 1. The van der Waals surface area contributed by atoms with Crippen LogP contribution in [0.3, 0.4) is 0 Å². The summed E-state index contributed by atoms with van der Waals surface area (Å²) in [6, 6.07) is 0.312. The quantitative estimate of drug-likeness (QED) is 0.819. The molecule has 1 atom stereocenters. The fraction of sp³-hybridized carbons (Fsp3) is 0.800. The smallest absolute Gasteiger partial charge is 0.244 e. The third-order valence-electron chi connectivity index (χ3n) is 4.54. The molecule has 0 bridgehead atoms. The summed E-state index contributed by atoms with van der Waals surface area (Å²) in [6.45, 7) is 8.55. The predicted molar refractivity (Wildman–Crippen MR) is 87.4 cm³/mol. The first kappa shape index (κ1) is 17.4. The Balaban J connectivity index is 2.20. The van der Waals surface area contributed by atoms with Gasteiger partial charge in [0.15, 0.2) is 0 Å². The minimum Gasteiger partial charge on any atom is -0.299 e. The molecule has 0 aromatic carbocycles. The normalized spacial score (nSPS) is 19.9. The van der Waals surface area contributed by atoms with Gasteiger partial charge in [-0.3, -0.25) is 9.58 Å². The fourth-order valence-electron chi connectivity index (χ4n) is 3.35. The first-order valence-electron chi connectivity index (χ1n) is 8.23. The number of hydrogen-bond acceptors (Lipinski definition) is 4. The lowest BCUT2D eigenvalue weighted by Gasteiger charge is -2.23. The van der Waals surface area contributed by atoms with Crippen LogP contribution in [0.15, 0.2) is 4.90 Å². The zero-order valence-corrected chi connectivity index (χ0v) is 14.9. The number of likely N-dealkylation sites (tertiary alicyclic amines) is 1. The number of nitrogens with zero attached hydrogens (tertiary/aromatic N) is 3. The van der Waals surface area contributed by atoms with Gasteiger partial charge in [0.05, 0.1) is 11.4 Å². The molecule has 6 nitrogen and oxygen atoms in total. The summed E-state index contributed by atoms with van der Waals surface area (Å²) in [5.41, 5.74) is 1.44. The van der Waals surface area contributed by atoms with E-state index in [9.17, 15) is 8.42 Å². The minimum absolute atomic E-state index is 0.312. The molecular formula is C15H28N4O2S. The van der Waals surface area contributed by atoms with Gasteiger partial charge in [-0.15, -0.1) is 0 Å². The van der Waals surface area contributed by atoms with Crippen molar-refractivity contribution in [3.63, 3.8) is 0 Å². The number of sulfonamides is 1. The molecule has 22 heavy (non-hydrogen) atoms. The number of likely N-dealkylation sites (N-methyl/N-ethyl adjacent to an activating group) is 1. The van der Waals surface area contributed by atoms with Gasteiger partial charge in [0.1, 0.15) is 4.90 Å². The lowest BCUT2D eigenvalue weighted by molar-refractivity contribution is 0.268. The summed E-state index contributed by atoms with van der Waals surface area (Å²) in [7, 11) is -1.69. The molecule has 2 rings (SSSR count). The highest BCUT2D eigenvalue weighted by Gasteiger charge is 2.29. The van der Waals surface area contributed by atoms with Gasteiger partial charge in [-0.05, 0) is 38.8 Å². The standard InChI is InChI=1S/C15H28N4O2S/c1-5-13-15(14(6-2)18(4)17-13)22(20,21)16-11-12-9-8-10-19(12)7-3/h12,16H,5-11H2,1-4H3/t12-/m0/s1. The molecule has 1 N–H and O–H groups in total. The molecule has 0 radical (unpaired) electrons. The van der Waals surface area contributed by atoms with Gasteiger partial charge in [-0.2, -0.15) is 5.10 Å². The monoisotopic (exact) mass is 328 g/mol. The van der Waals surface area contributed by atoms with Crippen molar-refractivity contribution in [3.05, 3.63) is 11.4 Å². The Kier molecular flexibility index (Phi) is 5.63. The predicted octanol–water partition coefficient (Wildman–Crippen LogP) is 1.31. The first-order chi connectivity index (χ1) is 10.4. The summed E-state index contributed by atoms with van der Waals surface area (Å²) >= 11 is 0. The molecule has 0 aliphatic carbocycles. The van der Waals surface area contributed by atoms with E-state index in [1.807, 2.05) is 20.9 Å². The van der Waals surface area contributed by atoms with E-state index in [-0.39, 0.29) is 0 Å². The zero-order chi connectivity index (χ0) is 16.3. The number of rotatable bonds is 7. The maximum absolute atomic E-state index is 12.8. The van der Waals surface area contributed by atoms with E-state index in [0.717, 1.165) is 31.6 Å². The number of aryl methyl sites for hydroxylation is 2. The van der Waals surface area contributed by atoms with Crippen LogP contribution < -0.4 is 4.72 Å². The molecule has 0 spiro atoms. The van der Waals surface area contributed by atoms with E-state index >= 15 is 0 Å². The van der Waals surface area contributed by atoms with E-state index < -0.39 is 10.0 Å². The van der Waals surface area contributed by atoms with Crippen LogP contribution in [0.5, 0.6) is 0 Å². The Labute approximate surface area is 133 Å². The van der Waals surface area contributed by atoms with E-state index in [1.165, 1.54) is 0 Å². The maximum Gasteiger partial charge on any atom is 0.244 e. The molecule has 1 aliphatic rings. The topological polar surface area (TPSA) is 67.2 Å². The lowest BCUT2D eigenvalue weighted by Crippen LogP contribution is -2.40. The molecule has 2 heterocycles. The Morgan fingerprint density at radius 3 is 2.59 bits per heavy atom. The molecule has 1 aromatic rings. The second-order valence-electron chi connectivity index (χ2n) is 5.83. The van der Waals surface area contributed by atoms with Gasteiger partial charge < -0.3 is 0 Å². The third kappa shape index (κ3) is 3.36. The van der Waals surface area contributed by atoms with Crippen LogP contribution in [-0.2, 0) is 29.9 Å². The zero-order valence-electron chi connectivity index (χ0n) is 14.1. The van der Waals surface area contributed by atoms with Crippen molar-refractivity contribution in [3.8, 4) is 0 Å². The highest BCUT2D eigenvalue weighted by atomic mass is 32.2. The van der Waals surface area contributed by atoms with Gasteiger partial charge in [-0.25, -0.2) is 13.1 Å². The summed E-state index contributed by atoms with van der Waals surface area (Å²) < 4.78 is 30.1. The van der Waals surface area contributed by atoms with Crippen LogP contribution in [0.4, 0.5) is 0 Å². The molecule has 1 aromatic heterocycles. The van der Waals surface area contributed by atoms with Gasteiger partial charge in [0.2, 0.25) is 10.0 Å². The minimum atomic E-state index is -3.50. The van der Waals surface area contributed by atoms with Crippen LogP contribution in [-0.4, -0.2) is 48.8 Å². The van der Waals surface area contributed by atoms with Crippen LogP contribution in [0, 0.1) is 0 Å². The second kappa shape index (κ2) is 7.10. The summed E-state index contributed by atoms with van der Waals surface area (Å²) in [4.78, 5) is 2.73. The number of aromatic nitrogens is 2. The van der Waals surface area contributed by atoms with Crippen molar-refractivity contribution in [1.29, 1.82) is 0 Å². The van der Waals surface area contributed by atoms with Crippen molar-refractivity contribution in [2.24, 2.45) is 7.05 Å². The van der Waals surface area contributed by atoms with Crippen molar-refractivity contribution < 1.29 is 8.42 Å². The van der Waals surface area contributed by atoms with E-state index in [4.69, 9.17) is 0 Å². The molecule has 1 aliphatic heterocycles. The molecule has 0 unspecified atom stereocenters. The van der Waals surface area contributed by atoms with Crippen molar-refractivity contribution in [1.82, 2.24) is 19.4 Å². The third-order valence-corrected chi connectivity index (χ3v) is 6.09. The Morgan fingerprint density at radius 2 is 2.00 bits per heavy atom. The highest BCUT2D eigenvalue weighted by Crippen LogP contribution is 2.22. The van der Waals surface area contributed by atoms with Crippen LogP contribution in [0.2, 0.25) is 0 Å². The maximum atomic E-state index is 12.8. The molecule has 7 heteroatoms. The average molecular weight is 328 g/mol. The van der Waals surface area contributed by atoms with Gasteiger partial charge in [-0.1, -0.05) is 20.8 Å². The second-order valence-corrected chi connectivity index (χ2v) is 7.53. The summed E-state index contributed by atoms with van der Waals surface area (Å²) in [5, 5.41) is 4.36. The Hall–Kier alpha value is -0.920. The van der Waals surface area contributed by atoms with Crippen molar-refractivity contribution in [2.45, 2.75) is 57.4 Å². The fourth-order valence-corrected chi connectivity index (χ4v) is 4.99. The molecule has 1 saturated heterocycles. The average Bonchev–Trinajstić information content (AvgIpc) is 3.08. The van der Waals surface area contributed by atoms with Gasteiger partial charge in [0, 0.05) is 19.6 Å². The van der Waals surface area contributed by atoms with Crippen LogP contribution in [0.1, 0.15) is 45.0 Å². The van der Waals surface area contributed by atoms with Crippen LogP contribution in [0.25, 0.3) is 0 Å². The largest absolute Gasteiger partial charge is 0.299 e. The molecule has 0 saturated carbocycles. The number of nitrogens with one attached hydrogen (secondary N) is 1. The van der Waals surface area contributed by atoms with E-state index in [2.05, 4.69) is 21.6 Å². The van der Waals surface area contributed by atoms with Gasteiger partial charge >= 0.3 is 0 Å². The van der Waals surface area contributed by atoms with Crippen molar-refractivity contribution in [2.75, 3.05) is 19.6 Å². The molecule has 0 amide bonds. The Bertz CT molecular complexity index is 609. The Morgan fingerprint density at radius 1 is 1.27 bits per heavy atom. The molecule has 1 fully saturated rings. The summed E-state index contributed by atoms with van der Waals surface area (Å²) in [6.07, 6.45) is 3.48. The SMILES string of the molecule is CCc1nn(C)c(CC)c1S(=O)(=O)NC[C@@H]1CCCN1CC. The summed E-state index contributed by atoms with van der Waals surface area (Å²) in [5.74, 6) is 0. The molecule has 126 valence electrons. The lowest BCUT2D eigenvalue weighted by atomic mass is 10.2. The van der Waals surface area contributed by atoms with Gasteiger partial charge in [0.25, 0.3) is 0 Å². The van der Waals surface area contributed by atoms with Crippen LogP contribution >= 0.6 is 0 Å². The van der Waals surface area contributed by atoms with Crippen molar-refractivity contribution >= 4 is 10.0 Å². The van der Waals surface area contributed by atoms with E-state index in [1.54, 1.807) is 4.68 Å². The van der Waals surface area contributed by atoms with E-state index in [0.29, 0.717) is 36.0 Å².